The minimum absolute atomic E-state index is 0.0889. The van der Waals surface area contributed by atoms with E-state index in [1.165, 1.54) is 12.0 Å². The van der Waals surface area contributed by atoms with Gasteiger partial charge in [-0.15, -0.1) is 0 Å². The predicted molar refractivity (Wildman–Crippen MR) is 65.6 cm³/mol. The number of benzene rings is 1. The Bertz CT molecular complexity index is 355. The molecule has 0 spiro atoms. The summed E-state index contributed by atoms with van der Waals surface area (Å²) in [5.41, 5.74) is 2.14. The van der Waals surface area contributed by atoms with E-state index in [9.17, 15) is 4.79 Å². The Hall–Kier alpha value is -1.51. The molecule has 1 aromatic carbocycles. The normalized spacial score (nSPS) is 15.3. The van der Waals surface area contributed by atoms with Crippen molar-refractivity contribution in [3.8, 4) is 0 Å². The van der Waals surface area contributed by atoms with Crippen LogP contribution in [-0.4, -0.2) is 12.1 Å². The van der Waals surface area contributed by atoms with E-state index in [4.69, 9.17) is 0 Å². The van der Waals surface area contributed by atoms with Crippen LogP contribution in [-0.2, 0) is 6.42 Å². The van der Waals surface area contributed by atoms with Crippen molar-refractivity contribution in [3.05, 3.63) is 29.8 Å². The van der Waals surface area contributed by atoms with Gasteiger partial charge in [0.2, 0.25) is 0 Å². The molecule has 0 unspecified atom stereocenters. The molecule has 3 nitrogen and oxygen atoms in total. The highest BCUT2D eigenvalue weighted by Crippen LogP contribution is 2.18. The van der Waals surface area contributed by atoms with Gasteiger partial charge in [0.15, 0.2) is 0 Å². The van der Waals surface area contributed by atoms with Crippen LogP contribution in [0.2, 0.25) is 0 Å². The van der Waals surface area contributed by atoms with Crippen LogP contribution in [0.15, 0.2) is 24.3 Å². The average molecular weight is 218 g/mol. The van der Waals surface area contributed by atoms with Crippen molar-refractivity contribution < 1.29 is 4.79 Å². The Balaban J connectivity index is 1.84. The van der Waals surface area contributed by atoms with Gasteiger partial charge in [0.25, 0.3) is 0 Å². The molecule has 0 saturated heterocycles. The maximum absolute atomic E-state index is 11.5. The highest BCUT2D eigenvalue weighted by atomic mass is 16.2. The molecule has 16 heavy (non-hydrogen) atoms. The summed E-state index contributed by atoms with van der Waals surface area (Å²) in [6, 6.07) is 8.26. The van der Waals surface area contributed by atoms with E-state index >= 15 is 0 Å². The molecule has 0 bridgehead atoms. The number of hydrogen-bond acceptors (Lipinski definition) is 1. The molecule has 3 heteroatoms. The lowest BCUT2D eigenvalue weighted by molar-refractivity contribution is 0.240. The highest BCUT2D eigenvalue weighted by Gasteiger charge is 2.19. The molecule has 0 aliphatic heterocycles. The summed E-state index contributed by atoms with van der Waals surface area (Å²) in [4.78, 5) is 11.5. The number of amides is 2. The van der Waals surface area contributed by atoms with Gasteiger partial charge in [-0.1, -0.05) is 19.1 Å². The first kappa shape index (κ1) is 11.0. The van der Waals surface area contributed by atoms with Gasteiger partial charge in [-0.25, -0.2) is 4.79 Å². The van der Waals surface area contributed by atoms with Gasteiger partial charge in [0, 0.05) is 11.7 Å². The lowest BCUT2D eigenvalue weighted by atomic mass is 9.93. The van der Waals surface area contributed by atoms with Crippen molar-refractivity contribution in [2.75, 3.05) is 5.32 Å². The number of rotatable bonds is 3. The van der Waals surface area contributed by atoms with Crippen molar-refractivity contribution in [1.82, 2.24) is 5.32 Å². The van der Waals surface area contributed by atoms with Gasteiger partial charge in [0.05, 0.1) is 0 Å². The van der Waals surface area contributed by atoms with Crippen molar-refractivity contribution in [3.63, 3.8) is 0 Å². The summed E-state index contributed by atoms with van der Waals surface area (Å²) in [7, 11) is 0. The fraction of sp³-hybridized carbons (Fsp3) is 0.462. The van der Waals surface area contributed by atoms with E-state index in [0.717, 1.165) is 24.9 Å². The zero-order valence-electron chi connectivity index (χ0n) is 9.62. The van der Waals surface area contributed by atoms with Crippen LogP contribution < -0.4 is 10.6 Å². The molecule has 1 aromatic rings. The number of nitrogens with one attached hydrogen (secondary N) is 2. The number of carbonyl (C=O) groups excluding carboxylic acids is 1. The van der Waals surface area contributed by atoms with Crippen LogP contribution in [0.25, 0.3) is 0 Å². The molecule has 0 radical (unpaired) electrons. The first-order valence-corrected chi connectivity index (χ1v) is 5.94. The first-order valence-electron chi connectivity index (χ1n) is 5.94. The summed E-state index contributed by atoms with van der Waals surface area (Å²) >= 11 is 0. The molecule has 1 fully saturated rings. The second-order valence-corrected chi connectivity index (χ2v) is 4.28. The standard InChI is InChI=1S/C13H18N2O/c1-2-10-6-8-12(9-7-10)15-13(16)14-11-4-3-5-11/h6-9,11H,2-5H2,1H3,(H2,14,15,16). The predicted octanol–water partition coefficient (Wildman–Crippen LogP) is 2.92. The Labute approximate surface area is 96.2 Å². The molecular formula is C13H18N2O. The van der Waals surface area contributed by atoms with E-state index in [1.54, 1.807) is 0 Å². The highest BCUT2D eigenvalue weighted by molar-refractivity contribution is 5.89. The van der Waals surface area contributed by atoms with Gasteiger partial charge < -0.3 is 10.6 Å². The Morgan fingerprint density at radius 2 is 2.00 bits per heavy atom. The summed E-state index contributed by atoms with van der Waals surface area (Å²) in [5, 5.41) is 5.79. The quantitative estimate of drug-likeness (QED) is 0.804. The summed E-state index contributed by atoms with van der Waals surface area (Å²) in [6.07, 6.45) is 4.48. The third-order valence-electron chi connectivity index (χ3n) is 3.06. The molecule has 86 valence electrons. The lowest BCUT2D eigenvalue weighted by Crippen LogP contribution is -2.41. The van der Waals surface area contributed by atoms with Crippen molar-refractivity contribution in [2.45, 2.75) is 38.6 Å². The van der Waals surface area contributed by atoms with Crippen LogP contribution in [0.5, 0.6) is 0 Å². The van der Waals surface area contributed by atoms with Gasteiger partial charge in [-0.3, -0.25) is 0 Å². The molecule has 2 N–H and O–H groups in total. The largest absolute Gasteiger partial charge is 0.335 e. The minimum Gasteiger partial charge on any atom is -0.335 e. The zero-order chi connectivity index (χ0) is 11.4. The van der Waals surface area contributed by atoms with Crippen LogP contribution in [0, 0.1) is 0 Å². The molecule has 1 saturated carbocycles. The molecule has 1 aliphatic rings. The number of carbonyl (C=O) groups is 1. The van der Waals surface area contributed by atoms with Crippen molar-refractivity contribution in [2.24, 2.45) is 0 Å². The Morgan fingerprint density at radius 3 is 2.50 bits per heavy atom. The molecular weight excluding hydrogens is 200 g/mol. The topological polar surface area (TPSA) is 41.1 Å². The van der Waals surface area contributed by atoms with E-state index in [0.29, 0.717) is 6.04 Å². The monoisotopic (exact) mass is 218 g/mol. The maximum atomic E-state index is 11.5. The van der Waals surface area contributed by atoms with Crippen LogP contribution in [0.3, 0.4) is 0 Å². The third kappa shape index (κ3) is 2.75. The van der Waals surface area contributed by atoms with Gasteiger partial charge >= 0.3 is 6.03 Å². The maximum Gasteiger partial charge on any atom is 0.319 e. The SMILES string of the molecule is CCc1ccc(NC(=O)NC2CCC2)cc1. The molecule has 0 heterocycles. The first-order chi connectivity index (χ1) is 7.78. The van der Waals surface area contributed by atoms with Crippen molar-refractivity contribution in [1.29, 1.82) is 0 Å². The number of hydrogen-bond donors (Lipinski definition) is 2. The minimum atomic E-state index is -0.0889. The molecule has 0 atom stereocenters. The van der Waals surface area contributed by atoms with Crippen LogP contribution in [0.1, 0.15) is 31.7 Å². The van der Waals surface area contributed by atoms with E-state index in [1.807, 2.05) is 24.3 Å². The number of aryl methyl sites for hydroxylation is 1. The van der Waals surface area contributed by atoms with Crippen LogP contribution in [0.4, 0.5) is 10.5 Å². The van der Waals surface area contributed by atoms with Gasteiger partial charge in [0.1, 0.15) is 0 Å². The van der Waals surface area contributed by atoms with E-state index in [-0.39, 0.29) is 6.03 Å². The Kier molecular flexibility index (Phi) is 3.44. The van der Waals surface area contributed by atoms with Gasteiger partial charge in [-0.2, -0.15) is 0 Å². The lowest BCUT2D eigenvalue weighted by Gasteiger charge is -2.26. The third-order valence-corrected chi connectivity index (χ3v) is 3.06. The second kappa shape index (κ2) is 5.01. The average Bonchev–Trinajstić information content (AvgIpc) is 2.25. The van der Waals surface area contributed by atoms with Gasteiger partial charge in [-0.05, 0) is 43.4 Å². The second-order valence-electron chi connectivity index (χ2n) is 4.28. The Morgan fingerprint density at radius 1 is 1.31 bits per heavy atom. The number of anilines is 1. The number of urea groups is 1. The van der Waals surface area contributed by atoms with Crippen LogP contribution >= 0.6 is 0 Å². The smallest absolute Gasteiger partial charge is 0.319 e. The molecule has 0 aromatic heterocycles. The van der Waals surface area contributed by atoms with E-state index in [2.05, 4.69) is 17.6 Å². The molecule has 1 aliphatic carbocycles. The summed E-state index contributed by atoms with van der Waals surface area (Å²) in [5.74, 6) is 0. The van der Waals surface area contributed by atoms with E-state index < -0.39 is 0 Å². The fourth-order valence-corrected chi connectivity index (χ4v) is 1.73. The molecule has 2 rings (SSSR count). The summed E-state index contributed by atoms with van der Waals surface area (Å²) in [6.45, 7) is 2.12. The molecule has 2 amide bonds. The summed E-state index contributed by atoms with van der Waals surface area (Å²) < 4.78 is 0. The van der Waals surface area contributed by atoms with Crippen molar-refractivity contribution >= 4 is 11.7 Å². The zero-order valence-corrected chi connectivity index (χ0v) is 9.62. The fourth-order valence-electron chi connectivity index (χ4n) is 1.73.